The molecule has 2 aromatic rings. The Bertz CT molecular complexity index is 985. The molecule has 30 heavy (non-hydrogen) atoms. The summed E-state index contributed by atoms with van der Waals surface area (Å²) in [4.78, 5) is 20.3. The van der Waals surface area contributed by atoms with Crippen LogP contribution in [0.4, 0.5) is 5.82 Å². The van der Waals surface area contributed by atoms with Gasteiger partial charge in [0.05, 0.1) is 18.2 Å². The van der Waals surface area contributed by atoms with Crippen LogP contribution in [0.15, 0.2) is 40.5 Å². The van der Waals surface area contributed by atoms with Gasteiger partial charge in [0.2, 0.25) is 12.3 Å². The second-order valence-electron chi connectivity index (χ2n) is 5.88. The third-order valence-electron chi connectivity index (χ3n) is 3.95. The number of anilines is 1. The number of allylic oxidation sites excluding steroid dienone is 4. The molecule has 0 aromatic carbocycles. The molecule has 0 fully saturated rings. The number of ether oxygens (including phenoxy) is 1. The summed E-state index contributed by atoms with van der Waals surface area (Å²) in [7, 11) is 5.80. The van der Waals surface area contributed by atoms with Crippen LogP contribution < -0.4 is 21.2 Å². The number of hydrogen-bond donors (Lipinski definition) is 4. The highest BCUT2D eigenvalue weighted by Crippen LogP contribution is 2.31. The predicted octanol–water partition coefficient (Wildman–Crippen LogP) is 2.18. The summed E-state index contributed by atoms with van der Waals surface area (Å²) >= 11 is 1.46. The molecule has 158 valence electrons. The minimum Gasteiger partial charge on any atom is -0.481 e. The molecule has 2 heterocycles. The first-order valence-electron chi connectivity index (χ1n) is 8.86. The van der Waals surface area contributed by atoms with Crippen LogP contribution in [-0.2, 0) is 17.6 Å². The first-order valence-corrected chi connectivity index (χ1v) is 10.3. The highest BCUT2D eigenvalue weighted by molar-refractivity contribution is 7.24. The van der Waals surface area contributed by atoms with Crippen LogP contribution in [0.1, 0.15) is 15.4 Å². The van der Waals surface area contributed by atoms with Gasteiger partial charge in [-0.3, -0.25) is 4.79 Å². The van der Waals surface area contributed by atoms with Crippen molar-refractivity contribution in [2.45, 2.75) is 12.8 Å². The average Bonchev–Trinajstić information content (AvgIpc) is 3.18. The van der Waals surface area contributed by atoms with Gasteiger partial charge in [0.15, 0.2) is 0 Å². The van der Waals surface area contributed by atoms with Crippen molar-refractivity contribution in [3.8, 4) is 5.88 Å². The fraction of sp³-hybridized carbons (Fsp3) is 0.211. The molecular weight excluding hydrogens is 421 g/mol. The molecule has 1 unspecified atom stereocenters. The standard InChI is InChI=1S/C19H24N7O2PS/c1-22-18-17(30-16(26-18)8-14(21)15(29)9-20)13(10-24-25-11-27)6-5-12-4-3-7-23-19(12)28-2/h3-4,6-7,9-11,20,22H,5,8,21,29H2,1-2H3,(H,25,27)/b13-6+,15-14?,20-9?,24-10-. The topological polar surface area (TPSA) is 138 Å². The highest BCUT2D eigenvalue weighted by atomic mass is 32.1. The number of amides is 1. The quantitative estimate of drug-likeness (QED) is 0.181. The van der Waals surface area contributed by atoms with Crippen molar-refractivity contribution in [1.82, 2.24) is 15.4 Å². The Kier molecular flexibility index (Phi) is 9.11. The van der Waals surface area contributed by atoms with Gasteiger partial charge in [0.25, 0.3) is 0 Å². The minimum atomic E-state index is 0.418. The van der Waals surface area contributed by atoms with Gasteiger partial charge in [-0.25, -0.2) is 15.4 Å². The molecule has 0 aliphatic heterocycles. The van der Waals surface area contributed by atoms with Gasteiger partial charge >= 0.3 is 0 Å². The molecule has 0 saturated carbocycles. The minimum absolute atomic E-state index is 0.418. The SMILES string of the molecule is CNc1nc(CC(N)=C(P)C=N)sc1C(/C=N\NC=O)=C/Cc1cccnc1OC. The molecule has 0 aliphatic carbocycles. The Balaban J connectivity index is 2.43. The van der Waals surface area contributed by atoms with E-state index in [1.165, 1.54) is 17.6 Å². The van der Waals surface area contributed by atoms with Gasteiger partial charge in [-0.2, -0.15) is 5.10 Å². The number of hydrazone groups is 1. The maximum atomic E-state index is 10.6. The molecule has 5 N–H and O–H groups in total. The van der Waals surface area contributed by atoms with Gasteiger partial charge in [0.1, 0.15) is 10.8 Å². The van der Waals surface area contributed by atoms with E-state index in [0.29, 0.717) is 42.0 Å². The van der Waals surface area contributed by atoms with Crippen LogP contribution >= 0.6 is 20.6 Å². The van der Waals surface area contributed by atoms with Crippen molar-refractivity contribution < 1.29 is 9.53 Å². The molecule has 11 heteroatoms. The Morgan fingerprint density at radius 3 is 2.97 bits per heavy atom. The summed E-state index contributed by atoms with van der Waals surface area (Å²) in [5.74, 6) is 1.22. The normalized spacial score (nSPS) is 12.4. The number of nitrogens with two attached hydrogens (primary N) is 1. The van der Waals surface area contributed by atoms with Crippen molar-refractivity contribution in [3.63, 3.8) is 0 Å². The Hall–Kier alpha value is -3.10. The van der Waals surface area contributed by atoms with E-state index in [1.54, 1.807) is 26.6 Å². The fourth-order valence-electron chi connectivity index (χ4n) is 2.49. The largest absolute Gasteiger partial charge is 0.481 e. The number of methoxy groups -OCH3 is 1. The van der Waals surface area contributed by atoms with Crippen LogP contribution in [0.2, 0.25) is 0 Å². The summed E-state index contributed by atoms with van der Waals surface area (Å²) in [6.07, 6.45) is 7.85. The van der Waals surface area contributed by atoms with Crippen molar-refractivity contribution in [2.75, 3.05) is 19.5 Å². The summed E-state index contributed by atoms with van der Waals surface area (Å²) < 4.78 is 5.31. The first kappa shape index (κ1) is 23.2. The fourth-order valence-corrected chi connectivity index (χ4v) is 3.69. The number of thiazole rings is 1. The monoisotopic (exact) mass is 445 g/mol. The van der Waals surface area contributed by atoms with E-state index in [-0.39, 0.29) is 0 Å². The predicted molar refractivity (Wildman–Crippen MR) is 125 cm³/mol. The van der Waals surface area contributed by atoms with Gasteiger partial charge in [-0.15, -0.1) is 20.6 Å². The van der Waals surface area contributed by atoms with Gasteiger partial charge in [-0.1, -0.05) is 12.1 Å². The average molecular weight is 445 g/mol. The van der Waals surface area contributed by atoms with Crippen molar-refractivity contribution in [3.05, 3.63) is 50.9 Å². The Morgan fingerprint density at radius 1 is 1.50 bits per heavy atom. The van der Waals surface area contributed by atoms with Gasteiger partial charge in [0, 0.05) is 48.0 Å². The lowest BCUT2D eigenvalue weighted by atomic mass is 10.1. The van der Waals surface area contributed by atoms with Crippen LogP contribution in [0, 0.1) is 5.41 Å². The molecule has 2 rings (SSSR count). The second kappa shape index (κ2) is 11.8. The molecule has 2 aromatic heterocycles. The van der Waals surface area contributed by atoms with E-state index in [9.17, 15) is 4.79 Å². The third-order valence-corrected chi connectivity index (χ3v) is 5.60. The number of carbonyl (C=O) groups excluding carboxylic acids is 1. The van der Waals surface area contributed by atoms with Crippen LogP contribution in [0.5, 0.6) is 5.88 Å². The summed E-state index contributed by atoms with van der Waals surface area (Å²) in [5.41, 5.74) is 10.6. The molecule has 0 aliphatic rings. The van der Waals surface area contributed by atoms with Crippen molar-refractivity contribution in [2.24, 2.45) is 10.8 Å². The van der Waals surface area contributed by atoms with Crippen molar-refractivity contribution >= 4 is 50.8 Å². The first-order chi connectivity index (χ1) is 14.5. The van der Waals surface area contributed by atoms with Crippen LogP contribution in [0.3, 0.4) is 0 Å². The molecule has 1 amide bonds. The number of aromatic nitrogens is 2. The van der Waals surface area contributed by atoms with Gasteiger partial charge < -0.3 is 21.2 Å². The zero-order chi connectivity index (χ0) is 21.9. The number of rotatable bonds is 11. The molecule has 0 spiro atoms. The third kappa shape index (κ3) is 6.20. The lowest BCUT2D eigenvalue weighted by Crippen LogP contribution is -2.04. The number of hydrogen-bond acceptors (Lipinski definition) is 9. The molecule has 0 radical (unpaired) electrons. The Labute approximate surface area is 181 Å². The number of carbonyl (C=O) groups is 1. The van der Waals surface area contributed by atoms with E-state index in [2.05, 4.69) is 35.1 Å². The zero-order valence-corrected chi connectivity index (χ0v) is 18.6. The molecule has 0 saturated heterocycles. The summed E-state index contributed by atoms with van der Waals surface area (Å²) in [5, 5.41) is 15.8. The Morgan fingerprint density at radius 2 is 2.30 bits per heavy atom. The second-order valence-corrected chi connectivity index (χ2v) is 7.58. The molecule has 1 atom stereocenters. The van der Waals surface area contributed by atoms with Crippen LogP contribution in [-0.4, -0.2) is 43.0 Å². The van der Waals surface area contributed by atoms with E-state index in [0.717, 1.165) is 21.0 Å². The zero-order valence-electron chi connectivity index (χ0n) is 16.7. The maximum absolute atomic E-state index is 10.6. The molecular formula is C19H24N7O2PS. The van der Waals surface area contributed by atoms with Crippen molar-refractivity contribution in [1.29, 1.82) is 5.41 Å². The van der Waals surface area contributed by atoms with E-state index < -0.39 is 0 Å². The summed E-state index contributed by atoms with van der Waals surface area (Å²) in [6.45, 7) is 0. The highest BCUT2D eigenvalue weighted by Gasteiger charge is 2.15. The van der Waals surface area contributed by atoms with E-state index in [1.807, 2.05) is 18.2 Å². The van der Waals surface area contributed by atoms with Gasteiger partial charge in [-0.05, 0) is 12.5 Å². The van der Waals surface area contributed by atoms with Crippen LogP contribution in [0.25, 0.3) is 5.57 Å². The number of pyridine rings is 1. The van der Waals surface area contributed by atoms with E-state index in [4.69, 9.17) is 15.9 Å². The number of nitrogens with one attached hydrogen (secondary N) is 3. The molecule has 0 bridgehead atoms. The lowest BCUT2D eigenvalue weighted by molar-refractivity contribution is -0.109. The molecule has 9 nitrogen and oxygen atoms in total. The summed E-state index contributed by atoms with van der Waals surface area (Å²) in [6, 6.07) is 3.77. The lowest BCUT2D eigenvalue weighted by Gasteiger charge is -2.06. The number of nitrogens with zero attached hydrogens (tertiary/aromatic N) is 3. The maximum Gasteiger partial charge on any atom is 0.227 e. The van der Waals surface area contributed by atoms with E-state index >= 15 is 0 Å². The smallest absolute Gasteiger partial charge is 0.227 e.